The third-order valence-electron chi connectivity index (χ3n) is 4.37. The lowest BCUT2D eigenvalue weighted by Crippen LogP contribution is -2.44. The van der Waals surface area contributed by atoms with Crippen LogP contribution in [0.2, 0.25) is 0 Å². The molecule has 0 spiro atoms. The number of nitrogens with one attached hydrogen (secondary N) is 1. The molecule has 2 rings (SSSR count). The Bertz CT molecular complexity index is 622. The Kier molecular flexibility index (Phi) is 6.06. The number of aliphatic carboxylic acids is 1. The van der Waals surface area contributed by atoms with Gasteiger partial charge >= 0.3 is 12.1 Å². The molecule has 0 saturated heterocycles. The van der Waals surface area contributed by atoms with Crippen molar-refractivity contribution in [3.05, 3.63) is 35.4 Å². The van der Waals surface area contributed by atoms with E-state index in [2.05, 4.69) is 5.32 Å². The molecule has 0 radical (unpaired) electrons. The summed E-state index contributed by atoms with van der Waals surface area (Å²) in [5, 5.41) is 12.6. The number of methoxy groups -OCH3 is 1. The van der Waals surface area contributed by atoms with Crippen molar-refractivity contribution in [2.75, 3.05) is 13.7 Å². The van der Waals surface area contributed by atoms with Crippen LogP contribution >= 0.6 is 0 Å². The smallest absolute Gasteiger partial charge is 0.407 e. The van der Waals surface area contributed by atoms with E-state index in [4.69, 9.17) is 9.47 Å². The van der Waals surface area contributed by atoms with Crippen molar-refractivity contribution < 1.29 is 24.2 Å². The predicted octanol–water partition coefficient (Wildman–Crippen LogP) is 2.96. The van der Waals surface area contributed by atoms with Gasteiger partial charge in [-0.25, -0.2) is 4.79 Å². The summed E-state index contributed by atoms with van der Waals surface area (Å²) in [4.78, 5) is 24.1. The fraction of sp³-hybridized carbons (Fsp3) is 0.579. The third-order valence-corrected chi connectivity index (χ3v) is 4.37. The van der Waals surface area contributed by atoms with Crippen molar-refractivity contribution in [2.45, 2.75) is 51.2 Å². The molecule has 6 heteroatoms. The lowest BCUT2D eigenvalue weighted by atomic mass is 9.83. The van der Waals surface area contributed by atoms with E-state index in [-0.39, 0.29) is 12.0 Å². The van der Waals surface area contributed by atoms with E-state index in [1.807, 2.05) is 24.3 Å². The van der Waals surface area contributed by atoms with Crippen molar-refractivity contribution in [2.24, 2.45) is 5.92 Å². The van der Waals surface area contributed by atoms with Gasteiger partial charge in [-0.3, -0.25) is 4.79 Å². The number of carbonyl (C=O) groups is 2. The van der Waals surface area contributed by atoms with Crippen LogP contribution in [0.1, 0.15) is 44.2 Å². The number of ether oxygens (including phenoxy) is 2. The number of carboxylic acids is 1. The molecule has 0 aliphatic heterocycles. The monoisotopic (exact) mass is 349 g/mol. The van der Waals surface area contributed by atoms with Gasteiger partial charge in [0.25, 0.3) is 0 Å². The number of rotatable bonds is 6. The van der Waals surface area contributed by atoms with Crippen LogP contribution < -0.4 is 5.32 Å². The second-order valence-electron chi connectivity index (χ2n) is 7.41. The lowest BCUT2D eigenvalue weighted by Gasteiger charge is -2.28. The molecule has 2 N–H and O–H groups in total. The molecule has 1 aromatic rings. The Balaban J connectivity index is 2.25. The summed E-state index contributed by atoms with van der Waals surface area (Å²) in [5.74, 6) is -1.82. The number of hydrogen-bond acceptors (Lipinski definition) is 4. The minimum absolute atomic E-state index is 0.309. The molecule has 1 unspecified atom stereocenters. The first kappa shape index (κ1) is 19.2. The number of amides is 1. The second-order valence-corrected chi connectivity index (χ2v) is 7.41. The van der Waals surface area contributed by atoms with E-state index in [0.29, 0.717) is 19.4 Å². The van der Waals surface area contributed by atoms with Crippen molar-refractivity contribution in [1.29, 1.82) is 0 Å². The third kappa shape index (κ3) is 4.95. The fourth-order valence-corrected chi connectivity index (χ4v) is 3.42. The van der Waals surface area contributed by atoms with Gasteiger partial charge in [0.2, 0.25) is 0 Å². The van der Waals surface area contributed by atoms with E-state index in [1.54, 1.807) is 27.9 Å². The maximum atomic E-state index is 12.2. The zero-order valence-corrected chi connectivity index (χ0v) is 15.2. The average molecular weight is 349 g/mol. The Hall–Kier alpha value is -2.08. The number of fused-ring (bicyclic) bond motifs is 1. The maximum Gasteiger partial charge on any atom is 0.407 e. The largest absolute Gasteiger partial charge is 0.481 e. The van der Waals surface area contributed by atoms with E-state index < -0.39 is 23.6 Å². The molecule has 25 heavy (non-hydrogen) atoms. The molecule has 3 atom stereocenters. The lowest BCUT2D eigenvalue weighted by molar-refractivity contribution is -0.143. The normalized spacial score (nSPS) is 20.6. The van der Waals surface area contributed by atoms with Crippen LogP contribution in [-0.4, -0.2) is 42.5 Å². The van der Waals surface area contributed by atoms with Gasteiger partial charge in [-0.15, -0.1) is 0 Å². The molecular formula is C19H27NO5. The highest BCUT2D eigenvalue weighted by Crippen LogP contribution is 2.40. The van der Waals surface area contributed by atoms with Gasteiger partial charge in [-0.2, -0.15) is 0 Å². The number of hydrogen-bond donors (Lipinski definition) is 2. The van der Waals surface area contributed by atoms with Crippen LogP contribution in [-0.2, 0) is 20.7 Å². The summed E-state index contributed by atoms with van der Waals surface area (Å²) in [6, 6.07) is 7.44. The average Bonchev–Trinajstić information content (AvgIpc) is 2.83. The molecule has 1 aromatic carbocycles. The molecule has 0 heterocycles. The highest BCUT2D eigenvalue weighted by atomic mass is 16.6. The van der Waals surface area contributed by atoms with Crippen LogP contribution in [0.4, 0.5) is 4.79 Å². The van der Waals surface area contributed by atoms with Gasteiger partial charge < -0.3 is 19.9 Å². The van der Waals surface area contributed by atoms with Gasteiger partial charge in [-0.05, 0) is 44.7 Å². The minimum atomic E-state index is -0.880. The standard InChI is InChI=1S/C19H27NO5/c1-19(2,3)25-18(23)20-15-11-12-7-5-6-8-13(12)16(15)14(17(21)22)9-10-24-4/h5-8,14-16H,9-11H2,1-4H3,(H,20,23)(H,21,22)/t14?,15-,16+/m1/s1. The Morgan fingerprint density at radius 2 is 2.00 bits per heavy atom. The van der Waals surface area contributed by atoms with Crippen molar-refractivity contribution >= 4 is 12.1 Å². The highest BCUT2D eigenvalue weighted by molar-refractivity contribution is 5.73. The van der Waals surface area contributed by atoms with E-state index >= 15 is 0 Å². The molecule has 1 amide bonds. The van der Waals surface area contributed by atoms with Gasteiger partial charge in [0.15, 0.2) is 0 Å². The Morgan fingerprint density at radius 3 is 2.60 bits per heavy atom. The zero-order chi connectivity index (χ0) is 18.6. The zero-order valence-electron chi connectivity index (χ0n) is 15.2. The van der Waals surface area contributed by atoms with Crippen LogP contribution in [0.3, 0.4) is 0 Å². The molecule has 0 bridgehead atoms. The fourth-order valence-electron chi connectivity index (χ4n) is 3.42. The molecule has 0 saturated carbocycles. The first-order valence-electron chi connectivity index (χ1n) is 8.52. The van der Waals surface area contributed by atoms with Gasteiger partial charge in [-0.1, -0.05) is 24.3 Å². The van der Waals surface area contributed by atoms with Crippen molar-refractivity contribution in [1.82, 2.24) is 5.32 Å². The summed E-state index contributed by atoms with van der Waals surface area (Å²) in [5.41, 5.74) is 1.44. The number of benzene rings is 1. The molecule has 1 aliphatic carbocycles. The molecule has 0 fully saturated rings. The SMILES string of the molecule is COCCC(C(=O)O)[C@@H]1c2ccccc2C[C@H]1NC(=O)OC(C)(C)C. The molecular weight excluding hydrogens is 322 g/mol. The van der Waals surface area contributed by atoms with Gasteiger partial charge in [0.1, 0.15) is 5.60 Å². The summed E-state index contributed by atoms with van der Waals surface area (Å²) >= 11 is 0. The van der Waals surface area contributed by atoms with Crippen LogP contribution in [0.5, 0.6) is 0 Å². The summed E-state index contributed by atoms with van der Waals surface area (Å²) in [7, 11) is 1.55. The molecule has 0 aromatic heterocycles. The first-order valence-corrected chi connectivity index (χ1v) is 8.52. The topological polar surface area (TPSA) is 84.9 Å². The summed E-state index contributed by atoms with van der Waals surface area (Å²) < 4.78 is 10.4. The first-order chi connectivity index (χ1) is 11.7. The highest BCUT2D eigenvalue weighted by Gasteiger charge is 2.42. The minimum Gasteiger partial charge on any atom is -0.481 e. The summed E-state index contributed by atoms with van der Waals surface area (Å²) in [6.07, 6.45) is 0.458. The van der Waals surface area contributed by atoms with Crippen LogP contribution in [0, 0.1) is 5.92 Å². The number of carbonyl (C=O) groups excluding carboxylic acids is 1. The summed E-state index contributed by atoms with van der Waals surface area (Å²) in [6.45, 7) is 5.75. The second kappa shape index (κ2) is 7.87. The maximum absolute atomic E-state index is 12.2. The Morgan fingerprint density at radius 1 is 1.32 bits per heavy atom. The predicted molar refractivity (Wildman–Crippen MR) is 93.7 cm³/mol. The molecule has 138 valence electrons. The van der Waals surface area contributed by atoms with E-state index in [1.165, 1.54) is 0 Å². The van der Waals surface area contributed by atoms with Gasteiger partial charge in [0, 0.05) is 25.7 Å². The molecule has 6 nitrogen and oxygen atoms in total. The van der Waals surface area contributed by atoms with E-state index in [9.17, 15) is 14.7 Å². The number of carboxylic acid groups (broad SMARTS) is 1. The van der Waals surface area contributed by atoms with Crippen LogP contribution in [0.25, 0.3) is 0 Å². The van der Waals surface area contributed by atoms with Crippen LogP contribution in [0.15, 0.2) is 24.3 Å². The Labute approximate surface area is 148 Å². The van der Waals surface area contributed by atoms with Gasteiger partial charge in [0.05, 0.1) is 5.92 Å². The molecule has 1 aliphatic rings. The van der Waals surface area contributed by atoms with Crippen molar-refractivity contribution in [3.63, 3.8) is 0 Å². The number of alkyl carbamates (subject to hydrolysis) is 1. The van der Waals surface area contributed by atoms with Crippen molar-refractivity contribution in [3.8, 4) is 0 Å². The van der Waals surface area contributed by atoms with E-state index in [0.717, 1.165) is 11.1 Å². The quantitative estimate of drug-likeness (QED) is 0.825.